The van der Waals surface area contributed by atoms with Gasteiger partial charge in [-0.3, -0.25) is 13.8 Å². The number of hydrogen-bond donors (Lipinski definition) is 1. The Labute approximate surface area is 627 Å². The topological polar surface area (TPSA) is 172 Å². The zero-order chi connectivity index (χ0) is 74.8. The Morgan fingerprint density at radius 2 is 0.864 bits per heavy atom. The number of ether oxygens (including phenoxy) is 4. The predicted molar refractivity (Wildman–Crippen MR) is 417 cm³/mol. The van der Waals surface area contributed by atoms with Gasteiger partial charge in [-0.25, -0.2) is 16.8 Å². The van der Waals surface area contributed by atoms with Crippen LogP contribution in [0.1, 0.15) is 232 Å². The van der Waals surface area contributed by atoms with Crippen LogP contribution < -0.4 is 14.8 Å². The number of fused-ring (bicyclic) bond motifs is 4. The van der Waals surface area contributed by atoms with Crippen molar-refractivity contribution in [3.05, 3.63) is 59.7 Å². The van der Waals surface area contributed by atoms with Crippen LogP contribution in [0, 0.1) is 134 Å². The molecule has 18 unspecified atom stereocenters. The first-order chi connectivity index (χ1) is 48.4. The number of carbonyl (C=O) groups excluding carboxylic acids is 2. The Kier molecular flexibility index (Phi) is 22.4. The second kappa shape index (κ2) is 29.0. The van der Waals surface area contributed by atoms with Gasteiger partial charge < -0.3 is 29.2 Å². The lowest BCUT2D eigenvalue weighted by atomic mass is 9.50. The van der Waals surface area contributed by atoms with Crippen LogP contribution in [-0.2, 0) is 60.4 Å². The minimum atomic E-state index is -2.68. The Hall–Kier alpha value is -3.05. The molecular weight excluding hydrogens is 1350 g/mol. The summed E-state index contributed by atoms with van der Waals surface area (Å²) in [5.74, 6) is 20.2. The summed E-state index contributed by atoms with van der Waals surface area (Å²) in [6.07, 6.45) is 18.4. The third-order valence-corrected chi connectivity index (χ3v) is 40.1. The van der Waals surface area contributed by atoms with Crippen molar-refractivity contribution in [1.29, 1.82) is 0 Å². The first-order valence-corrected chi connectivity index (χ1v) is 46.5. The summed E-state index contributed by atoms with van der Waals surface area (Å²) < 4.78 is 78.4. The lowest BCUT2D eigenvalue weighted by molar-refractivity contribution is -0.164. The van der Waals surface area contributed by atoms with Gasteiger partial charge in [0.05, 0.1) is 53.8 Å². The minimum absolute atomic E-state index is 0.0694. The zero-order valence-corrected chi connectivity index (χ0v) is 69.7. The summed E-state index contributed by atoms with van der Waals surface area (Å²) in [5.41, 5.74) is 5.78. The summed E-state index contributed by atoms with van der Waals surface area (Å²) in [5, 5.41) is 2.82. The molecule has 9 aliphatic heterocycles. The quantitative estimate of drug-likeness (QED) is 0.249. The second-order valence-corrected chi connectivity index (χ2v) is 44.5. The molecule has 0 radical (unpaired) electrons. The molecule has 18 aliphatic rings. The second-order valence-electron chi connectivity index (χ2n) is 38.8. The van der Waals surface area contributed by atoms with E-state index in [9.17, 15) is 30.6 Å². The maximum atomic E-state index is 11.4. The molecule has 18 atom stereocenters. The molecule has 20 rings (SSSR count). The molecule has 13 nitrogen and oxygen atoms in total. The number of amides is 2. The van der Waals surface area contributed by atoms with Crippen molar-refractivity contribution in [2.45, 2.75) is 243 Å². The monoisotopic (exact) mass is 1480 g/mol. The maximum absolute atomic E-state index is 11.4. The summed E-state index contributed by atoms with van der Waals surface area (Å²) in [4.78, 5) is 24.5. The molecule has 16 heteroatoms. The first kappa shape index (κ1) is 79.5. The average Bonchev–Trinajstić information content (AvgIpc) is 1.71. The highest BCUT2D eigenvalue weighted by molar-refractivity contribution is 7.93. The molecule has 9 heterocycles. The van der Waals surface area contributed by atoms with Gasteiger partial charge in [-0.15, -0.1) is 0 Å². The number of para-hydroxylation sites is 2. The van der Waals surface area contributed by atoms with Crippen LogP contribution >= 0.6 is 0 Å². The largest absolute Gasteiger partial charge is 0.492 e. The van der Waals surface area contributed by atoms with Crippen LogP contribution in [0.25, 0.3) is 0 Å². The number of benzene rings is 2. The molecule has 9 spiro atoms. The van der Waals surface area contributed by atoms with Crippen LogP contribution in [0.4, 0.5) is 0 Å². The van der Waals surface area contributed by atoms with Crippen LogP contribution in [-0.4, -0.2) is 130 Å². The van der Waals surface area contributed by atoms with Crippen molar-refractivity contribution in [2.75, 3.05) is 81.1 Å². The van der Waals surface area contributed by atoms with Crippen molar-refractivity contribution >= 4 is 42.3 Å². The number of likely N-dealkylation sites (tertiary alicyclic amines) is 1. The van der Waals surface area contributed by atoms with E-state index in [2.05, 4.69) is 178 Å². The van der Waals surface area contributed by atoms with Gasteiger partial charge in [0.15, 0.2) is 19.7 Å². The SMILES string of the molecule is CC1C(C)C12CCCOC2.CC1CC(C)C12CCC(=O)N2C.CC1CC(C)C12CCCO2.CC1CC(C)C12CCS(=O)(=O)C2.CC1CC(C)C12CNC2=O.CC1CC(C)C12COc1ccccc12.CC1CC(C)C12COc1ccccc12.CC1CC(C)C12CS(=O)(=O)C2.CC1CC(C)C12CS(=O)C2. The van der Waals surface area contributed by atoms with E-state index >= 15 is 0 Å². The lowest BCUT2D eigenvalue weighted by Crippen LogP contribution is -2.70. The van der Waals surface area contributed by atoms with Gasteiger partial charge in [-0.2, -0.15) is 0 Å². The number of β-lactam (4-membered cyclic amide) rings is 1. The first-order valence-electron chi connectivity index (χ1n) is 41.3. The van der Waals surface area contributed by atoms with Crippen molar-refractivity contribution in [1.82, 2.24) is 10.2 Å². The van der Waals surface area contributed by atoms with Crippen LogP contribution in [0.5, 0.6) is 11.5 Å². The van der Waals surface area contributed by atoms with E-state index in [0.29, 0.717) is 109 Å². The van der Waals surface area contributed by atoms with Crippen molar-refractivity contribution in [2.24, 2.45) is 134 Å². The number of rotatable bonds is 0. The molecule has 9 aliphatic carbocycles. The molecule has 103 heavy (non-hydrogen) atoms. The molecule has 1 N–H and O–H groups in total. The minimum Gasteiger partial charge on any atom is -0.492 e. The van der Waals surface area contributed by atoms with E-state index in [0.717, 1.165) is 141 Å². The van der Waals surface area contributed by atoms with Gasteiger partial charge >= 0.3 is 0 Å². The van der Waals surface area contributed by atoms with E-state index in [4.69, 9.17) is 18.9 Å². The summed E-state index contributed by atoms with van der Waals surface area (Å²) in [6.45, 7) is 46.8. The molecule has 0 bridgehead atoms. The standard InChI is InChI=1S/2C13H16O.C10H17NO.C9H16O2S.2C9H16O.C8H13NO.C8H14O2S.C8H14OS/c2*1-9-7-10(2)13(9)8-14-12-6-4-3-5-11(12)13;1-7-6-8(2)10(7)5-4-9(12)11(10)3;1-7-5-8(2)9(7)3-4-12(10,11)6-9;1-7-8(2)9(7)4-3-5-10-6-9;1-7-6-8(2)9(7)4-3-5-10-9;1-5-3-6(2)8(5)4-9-7(8)10;1-6-3-7(2)8(6)4-11(9,10)5-8;1-6-3-7(2)8(6)4-10(9)5-8/h2*3-6,9-10H,7-8H2,1-2H3;7-8H,4-6H2,1-3H3;7-8H,3-6H2,1-2H3;2*7-8H,3-6H2,1-2H3;5-6H,3-4H2,1-2H3,(H,9,10);6-7H,3-5H2,1-2H3;6-7H,3-5H2,1-2H3. The summed E-state index contributed by atoms with van der Waals surface area (Å²) in [7, 11) is -3.77. The third kappa shape index (κ3) is 13.1. The molecule has 7 saturated heterocycles. The van der Waals surface area contributed by atoms with E-state index in [1.165, 1.54) is 88.2 Å². The van der Waals surface area contributed by atoms with Crippen LogP contribution in [0.2, 0.25) is 0 Å². The Morgan fingerprint density at radius 1 is 0.447 bits per heavy atom. The zero-order valence-electron chi connectivity index (χ0n) is 67.3. The van der Waals surface area contributed by atoms with E-state index < -0.39 is 30.5 Å². The maximum Gasteiger partial charge on any atom is 0.228 e. The van der Waals surface area contributed by atoms with E-state index in [1.54, 1.807) is 0 Å². The fourth-order valence-electron chi connectivity index (χ4n) is 25.8. The number of carbonyl (C=O) groups is 2. The predicted octanol–water partition coefficient (Wildman–Crippen LogP) is 16.7. The molecular formula is C87H138N2O11S3. The smallest absolute Gasteiger partial charge is 0.228 e. The van der Waals surface area contributed by atoms with Crippen molar-refractivity contribution in [3.8, 4) is 11.5 Å². The molecule has 2 amide bonds. The number of sulfone groups is 2. The summed E-state index contributed by atoms with van der Waals surface area (Å²) >= 11 is 0. The van der Waals surface area contributed by atoms with Gasteiger partial charge in [0.25, 0.3) is 0 Å². The summed E-state index contributed by atoms with van der Waals surface area (Å²) in [6, 6.07) is 17.1. The van der Waals surface area contributed by atoms with Gasteiger partial charge in [-0.1, -0.05) is 161 Å². The fourth-order valence-corrected chi connectivity index (χ4v) is 33.1. The highest BCUT2D eigenvalue weighted by atomic mass is 32.2. The molecule has 580 valence electrons. The molecule has 2 aromatic rings. The molecule has 9 saturated carbocycles. The number of nitrogens with one attached hydrogen (secondary N) is 1. The van der Waals surface area contributed by atoms with E-state index in [1.807, 2.05) is 11.9 Å². The Morgan fingerprint density at radius 3 is 1.10 bits per heavy atom. The molecule has 2 aromatic carbocycles. The van der Waals surface area contributed by atoms with Crippen molar-refractivity contribution < 1.29 is 49.6 Å². The van der Waals surface area contributed by atoms with E-state index in [-0.39, 0.29) is 21.8 Å². The van der Waals surface area contributed by atoms with Gasteiger partial charge in [0.2, 0.25) is 11.8 Å². The van der Waals surface area contributed by atoms with Crippen LogP contribution in [0.3, 0.4) is 0 Å². The van der Waals surface area contributed by atoms with Crippen molar-refractivity contribution in [3.63, 3.8) is 0 Å². The van der Waals surface area contributed by atoms with Gasteiger partial charge in [0, 0.05) is 88.4 Å². The van der Waals surface area contributed by atoms with Gasteiger partial charge in [0.1, 0.15) is 11.5 Å². The average molecular weight is 1480 g/mol. The highest BCUT2D eigenvalue weighted by Crippen LogP contribution is 2.65. The van der Waals surface area contributed by atoms with Gasteiger partial charge in [-0.05, 0) is 225 Å². The number of hydrogen-bond acceptors (Lipinski definition) is 11. The normalized spacial score (nSPS) is 47.9. The molecule has 0 aromatic heterocycles. The lowest BCUT2D eigenvalue weighted by Gasteiger charge is -2.59. The number of nitrogens with zero attached hydrogens (tertiary/aromatic N) is 1. The fraction of sp³-hybridized carbons (Fsp3) is 0.839. The highest BCUT2D eigenvalue weighted by Gasteiger charge is 2.65. The third-order valence-electron chi connectivity index (χ3n) is 34.7. The Bertz CT molecular complexity index is 3480. The van der Waals surface area contributed by atoms with Crippen LogP contribution in [0.15, 0.2) is 48.5 Å². The Balaban J connectivity index is 0.000000110. The molecule has 16 fully saturated rings.